The van der Waals surface area contributed by atoms with Gasteiger partial charge in [-0.25, -0.2) is 0 Å². The van der Waals surface area contributed by atoms with Crippen LogP contribution in [0.25, 0.3) is 5.76 Å². The van der Waals surface area contributed by atoms with E-state index in [2.05, 4.69) is 6.07 Å². The molecule has 2 heterocycles. The number of amides is 1. The molecule has 176 valence electrons. The lowest BCUT2D eigenvalue weighted by Gasteiger charge is -2.25. The summed E-state index contributed by atoms with van der Waals surface area (Å²) in [5, 5.41) is 13.0. The Morgan fingerprint density at radius 1 is 1.09 bits per heavy atom. The molecule has 1 unspecified atom stereocenters. The Labute approximate surface area is 203 Å². The summed E-state index contributed by atoms with van der Waals surface area (Å²) in [6.07, 6.45) is 0. The predicted molar refractivity (Wildman–Crippen MR) is 134 cm³/mol. The summed E-state index contributed by atoms with van der Waals surface area (Å²) in [6.45, 7) is 3.47. The lowest BCUT2D eigenvalue weighted by Crippen LogP contribution is -2.35. The van der Waals surface area contributed by atoms with E-state index in [1.165, 1.54) is 16.9 Å². The van der Waals surface area contributed by atoms with Crippen molar-refractivity contribution in [1.29, 1.82) is 0 Å². The van der Waals surface area contributed by atoms with Crippen molar-refractivity contribution in [3.63, 3.8) is 0 Å². The summed E-state index contributed by atoms with van der Waals surface area (Å²) < 4.78 is 5.87. The number of hydrogen-bond acceptors (Lipinski definition) is 6. The number of rotatable bonds is 8. The Morgan fingerprint density at radius 2 is 1.85 bits per heavy atom. The van der Waals surface area contributed by atoms with Crippen molar-refractivity contribution in [1.82, 2.24) is 9.80 Å². The molecule has 1 aliphatic heterocycles. The van der Waals surface area contributed by atoms with Crippen molar-refractivity contribution in [3.05, 3.63) is 93.2 Å². The van der Waals surface area contributed by atoms with Gasteiger partial charge in [0, 0.05) is 23.5 Å². The Kier molecular flexibility index (Phi) is 7.14. The van der Waals surface area contributed by atoms with Gasteiger partial charge in [-0.05, 0) is 62.3 Å². The summed E-state index contributed by atoms with van der Waals surface area (Å²) in [5.74, 6) is -0.761. The first-order valence-electron chi connectivity index (χ1n) is 11.1. The number of Topliss-reactive ketones (excluding diaryl/α,β-unsaturated/α-hetero) is 1. The van der Waals surface area contributed by atoms with Crippen LogP contribution in [-0.4, -0.2) is 53.8 Å². The van der Waals surface area contributed by atoms with Gasteiger partial charge in [-0.2, -0.15) is 0 Å². The molecule has 1 atom stereocenters. The van der Waals surface area contributed by atoms with Crippen molar-refractivity contribution >= 4 is 28.8 Å². The maximum absolute atomic E-state index is 13.0. The highest BCUT2D eigenvalue weighted by Crippen LogP contribution is 2.41. The van der Waals surface area contributed by atoms with Crippen LogP contribution >= 0.6 is 11.3 Å². The molecule has 0 saturated carbocycles. The molecule has 1 aliphatic rings. The third-order valence-electron chi connectivity index (χ3n) is 5.76. The van der Waals surface area contributed by atoms with E-state index in [9.17, 15) is 14.7 Å². The van der Waals surface area contributed by atoms with Crippen molar-refractivity contribution in [2.24, 2.45) is 0 Å². The van der Waals surface area contributed by atoms with Crippen LogP contribution in [0.2, 0.25) is 0 Å². The number of thiophene rings is 1. The Balaban J connectivity index is 1.60. The molecule has 4 rings (SSSR count). The normalized spacial score (nSPS) is 17.5. The Bertz CT molecular complexity index is 1200. The standard InChI is InChI=1S/C27H28N2O4S/c1-18-6-4-7-19(16-18)17-33-21-11-9-20(10-12-21)25(30)23-24(22-8-5-15-34-22)29(14-13-28(2)3)27(32)26(23)31/h4-12,15-16,24,30H,13-14,17H2,1-3H3. The summed E-state index contributed by atoms with van der Waals surface area (Å²) in [4.78, 5) is 30.2. The zero-order chi connectivity index (χ0) is 24.2. The Morgan fingerprint density at radius 3 is 2.50 bits per heavy atom. The molecule has 34 heavy (non-hydrogen) atoms. The third kappa shape index (κ3) is 5.05. The third-order valence-corrected chi connectivity index (χ3v) is 6.68. The molecule has 1 amide bonds. The number of aliphatic hydroxyl groups excluding tert-OH is 1. The molecule has 1 saturated heterocycles. The molecular weight excluding hydrogens is 448 g/mol. The Hall–Kier alpha value is -3.42. The van der Waals surface area contributed by atoms with E-state index in [0.717, 1.165) is 10.4 Å². The maximum atomic E-state index is 13.0. The van der Waals surface area contributed by atoms with Gasteiger partial charge in [0.25, 0.3) is 11.7 Å². The molecule has 0 aliphatic carbocycles. The van der Waals surface area contributed by atoms with Crippen LogP contribution in [0.4, 0.5) is 0 Å². The molecule has 1 fully saturated rings. The monoisotopic (exact) mass is 476 g/mol. The summed E-state index contributed by atoms with van der Waals surface area (Å²) in [6, 6.07) is 18.2. The first-order valence-corrected chi connectivity index (χ1v) is 12.0. The molecule has 6 nitrogen and oxygen atoms in total. The van der Waals surface area contributed by atoms with Gasteiger partial charge in [-0.3, -0.25) is 9.59 Å². The van der Waals surface area contributed by atoms with E-state index in [1.807, 2.05) is 61.6 Å². The molecular formula is C27H28N2O4S. The van der Waals surface area contributed by atoms with E-state index in [1.54, 1.807) is 29.2 Å². The smallest absolute Gasteiger partial charge is 0.295 e. The second kappa shape index (κ2) is 10.2. The summed E-state index contributed by atoms with van der Waals surface area (Å²) in [7, 11) is 3.83. The SMILES string of the molecule is Cc1cccc(COc2ccc(C(O)=C3C(=O)C(=O)N(CCN(C)C)C3c3cccs3)cc2)c1. The van der Waals surface area contributed by atoms with Crippen LogP contribution < -0.4 is 4.74 Å². The van der Waals surface area contributed by atoms with Crippen LogP contribution in [0, 0.1) is 6.92 Å². The topological polar surface area (TPSA) is 70.1 Å². The highest BCUT2D eigenvalue weighted by atomic mass is 32.1. The fraction of sp³-hybridized carbons (Fsp3) is 0.259. The number of hydrogen-bond donors (Lipinski definition) is 1. The number of likely N-dealkylation sites (tertiary alicyclic amines) is 1. The van der Waals surface area contributed by atoms with Crippen molar-refractivity contribution in [2.75, 3.05) is 27.2 Å². The minimum Gasteiger partial charge on any atom is -0.507 e. The average Bonchev–Trinajstić information content (AvgIpc) is 3.43. The molecule has 1 N–H and O–H groups in total. The zero-order valence-corrected chi connectivity index (χ0v) is 20.3. The number of ketones is 1. The molecule has 0 spiro atoms. The zero-order valence-electron chi connectivity index (χ0n) is 19.5. The molecule has 2 aromatic carbocycles. The molecule has 0 radical (unpaired) electrons. The molecule has 3 aromatic rings. The number of aliphatic hydroxyl groups is 1. The van der Waals surface area contributed by atoms with Crippen molar-refractivity contribution in [2.45, 2.75) is 19.6 Å². The predicted octanol–water partition coefficient (Wildman–Crippen LogP) is 4.62. The minimum absolute atomic E-state index is 0.125. The van der Waals surface area contributed by atoms with Gasteiger partial charge in [0.15, 0.2) is 0 Å². The van der Waals surface area contributed by atoms with E-state index in [4.69, 9.17) is 4.74 Å². The first-order chi connectivity index (χ1) is 16.3. The van der Waals surface area contributed by atoms with Crippen LogP contribution in [-0.2, 0) is 16.2 Å². The highest BCUT2D eigenvalue weighted by Gasteiger charge is 2.46. The molecule has 0 bridgehead atoms. The number of carbonyl (C=O) groups excluding carboxylic acids is 2. The van der Waals surface area contributed by atoms with Crippen LogP contribution in [0.3, 0.4) is 0 Å². The lowest BCUT2D eigenvalue weighted by molar-refractivity contribution is -0.140. The average molecular weight is 477 g/mol. The van der Waals surface area contributed by atoms with Gasteiger partial charge in [0.05, 0.1) is 11.6 Å². The fourth-order valence-corrected chi connectivity index (χ4v) is 4.84. The number of ether oxygens (including phenoxy) is 1. The number of likely N-dealkylation sites (N-methyl/N-ethyl adjacent to an activating group) is 1. The highest BCUT2D eigenvalue weighted by molar-refractivity contribution is 7.10. The van der Waals surface area contributed by atoms with Crippen molar-refractivity contribution < 1.29 is 19.4 Å². The van der Waals surface area contributed by atoms with Crippen LogP contribution in [0.15, 0.2) is 71.6 Å². The van der Waals surface area contributed by atoms with E-state index in [-0.39, 0.29) is 11.3 Å². The van der Waals surface area contributed by atoms with E-state index < -0.39 is 17.7 Å². The quantitative estimate of drug-likeness (QED) is 0.292. The van der Waals surface area contributed by atoms with Crippen LogP contribution in [0.5, 0.6) is 5.75 Å². The van der Waals surface area contributed by atoms with Gasteiger partial charge in [-0.15, -0.1) is 11.3 Å². The minimum atomic E-state index is -0.658. The van der Waals surface area contributed by atoms with Gasteiger partial charge in [0.1, 0.15) is 18.1 Å². The van der Waals surface area contributed by atoms with E-state index in [0.29, 0.717) is 31.0 Å². The van der Waals surface area contributed by atoms with E-state index >= 15 is 0 Å². The number of aryl methyl sites for hydroxylation is 1. The van der Waals surface area contributed by atoms with Gasteiger partial charge >= 0.3 is 0 Å². The number of carbonyl (C=O) groups is 2. The summed E-state index contributed by atoms with van der Waals surface area (Å²) >= 11 is 1.46. The largest absolute Gasteiger partial charge is 0.507 e. The number of benzene rings is 2. The molecule has 1 aromatic heterocycles. The van der Waals surface area contributed by atoms with Gasteiger partial charge < -0.3 is 19.6 Å². The lowest BCUT2D eigenvalue weighted by atomic mass is 10.00. The summed E-state index contributed by atoms with van der Waals surface area (Å²) in [5.41, 5.74) is 2.83. The van der Waals surface area contributed by atoms with Gasteiger partial charge in [-0.1, -0.05) is 35.9 Å². The molecule has 7 heteroatoms. The maximum Gasteiger partial charge on any atom is 0.295 e. The van der Waals surface area contributed by atoms with Crippen LogP contribution in [0.1, 0.15) is 27.6 Å². The fourth-order valence-electron chi connectivity index (χ4n) is 3.99. The van der Waals surface area contributed by atoms with Crippen molar-refractivity contribution in [3.8, 4) is 5.75 Å². The second-order valence-electron chi connectivity index (χ2n) is 8.61. The second-order valence-corrected chi connectivity index (χ2v) is 9.59. The number of nitrogens with zero attached hydrogens (tertiary/aromatic N) is 2. The van der Waals surface area contributed by atoms with Gasteiger partial charge in [0.2, 0.25) is 0 Å². The first kappa shape index (κ1) is 23.7.